The number of amides is 1. The lowest BCUT2D eigenvalue weighted by molar-refractivity contribution is -0.0293. The molecule has 1 atom stereocenters. The molecule has 1 aliphatic heterocycles. The molecule has 1 aliphatic carbocycles. The molecule has 1 amide bonds. The molecule has 1 aromatic heterocycles. The van der Waals surface area contributed by atoms with Gasteiger partial charge in [0, 0.05) is 31.1 Å². The summed E-state index contributed by atoms with van der Waals surface area (Å²) < 4.78 is 5.74. The number of carbonyl (C=O) groups excluding carboxylic acids is 1. The summed E-state index contributed by atoms with van der Waals surface area (Å²) in [5.74, 6) is -0.273. The van der Waals surface area contributed by atoms with Crippen molar-refractivity contribution in [3.63, 3.8) is 0 Å². The number of nitrogens with one attached hydrogen (secondary N) is 2. The third-order valence-electron chi connectivity index (χ3n) is 4.72. The zero-order valence-corrected chi connectivity index (χ0v) is 13.5. The number of aromatic amines is 1. The van der Waals surface area contributed by atoms with Crippen LogP contribution < -0.4 is 10.9 Å². The lowest BCUT2D eigenvalue weighted by Gasteiger charge is -2.33. The van der Waals surface area contributed by atoms with Gasteiger partial charge in [0.05, 0.1) is 12.7 Å². The second-order valence-corrected chi connectivity index (χ2v) is 6.53. The minimum Gasteiger partial charge on any atom is -0.374 e. The molecule has 1 unspecified atom stereocenters. The van der Waals surface area contributed by atoms with Crippen molar-refractivity contribution >= 4 is 16.7 Å². The Morgan fingerprint density at radius 3 is 3.00 bits per heavy atom. The van der Waals surface area contributed by atoms with Gasteiger partial charge in [0.15, 0.2) is 0 Å². The van der Waals surface area contributed by atoms with E-state index < -0.39 is 0 Å². The van der Waals surface area contributed by atoms with Crippen molar-refractivity contribution in [2.45, 2.75) is 25.0 Å². The van der Waals surface area contributed by atoms with Crippen LogP contribution in [-0.2, 0) is 4.74 Å². The number of pyridine rings is 1. The van der Waals surface area contributed by atoms with Crippen molar-refractivity contribution in [2.75, 3.05) is 26.2 Å². The summed E-state index contributed by atoms with van der Waals surface area (Å²) in [7, 11) is 0. The maximum atomic E-state index is 12.4. The summed E-state index contributed by atoms with van der Waals surface area (Å²) in [6.07, 6.45) is 2.56. The summed E-state index contributed by atoms with van der Waals surface area (Å²) in [5, 5.41) is 4.23. The molecule has 1 saturated carbocycles. The molecule has 0 spiro atoms. The van der Waals surface area contributed by atoms with Gasteiger partial charge >= 0.3 is 0 Å². The standard InChI is InChI=1S/C18H21N3O3/c22-17-15-4-2-1-3-12(15)9-16(20-17)18(23)19-10-14-11-21(7-8-24-14)13-5-6-13/h1-4,9,13-14H,5-8,10-11H2,(H,19,23)(H,20,22). The van der Waals surface area contributed by atoms with Crippen LogP contribution >= 0.6 is 0 Å². The maximum absolute atomic E-state index is 12.4. The molecule has 6 heteroatoms. The van der Waals surface area contributed by atoms with E-state index in [0.29, 0.717) is 24.6 Å². The quantitative estimate of drug-likeness (QED) is 0.882. The van der Waals surface area contributed by atoms with Gasteiger partial charge in [0.25, 0.3) is 11.5 Å². The zero-order valence-electron chi connectivity index (χ0n) is 13.5. The molecule has 24 heavy (non-hydrogen) atoms. The fourth-order valence-corrected chi connectivity index (χ4v) is 3.27. The molecule has 0 radical (unpaired) electrons. The first-order chi connectivity index (χ1) is 11.7. The highest BCUT2D eigenvalue weighted by Gasteiger charge is 2.33. The smallest absolute Gasteiger partial charge is 0.267 e. The predicted molar refractivity (Wildman–Crippen MR) is 91.2 cm³/mol. The van der Waals surface area contributed by atoms with E-state index >= 15 is 0 Å². The Bertz CT molecular complexity index is 813. The van der Waals surface area contributed by atoms with E-state index in [1.807, 2.05) is 18.2 Å². The zero-order chi connectivity index (χ0) is 16.5. The van der Waals surface area contributed by atoms with E-state index in [1.54, 1.807) is 12.1 Å². The van der Waals surface area contributed by atoms with Crippen LogP contribution in [0.5, 0.6) is 0 Å². The number of carbonyl (C=O) groups is 1. The topological polar surface area (TPSA) is 74.4 Å². The minimum atomic E-state index is -0.273. The lowest BCUT2D eigenvalue weighted by Crippen LogP contribution is -2.48. The summed E-state index contributed by atoms with van der Waals surface area (Å²) in [6, 6.07) is 9.67. The Kier molecular flexibility index (Phi) is 4.08. The van der Waals surface area contributed by atoms with Gasteiger partial charge in [-0.2, -0.15) is 0 Å². The van der Waals surface area contributed by atoms with Gasteiger partial charge in [-0.15, -0.1) is 0 Å². The molecule has 0 bridgehead atoms. The van der Waals surface area contributed by atoms with Crippen LogP contribution in [0.25, 0.3) is 10.8 Å². The number of nitrogens with zero attached hydrogens (tertiary/aromatic N) is 1. The highest BCUT2D eigenvalue weighted by Crippen LogP contribution is 2.28. The van der Waals surface area contributed by atoms with Crippen LogP contribution in [0.4, 0.5) is 0 Å². The van der Waals surface area contributed by atoms with Crippen LogP contribution in [0.1, 0.15) is 23.3 Å². The van der Waals surface area contributed by atoms with Crippen molar-refractivity contribution in [1.82, 2.24) is 15.2 Å². The van der Waals surface area contributed by atoms with Gasteiger partial charge < -0.3 is 15.0 Å². The van der Waals surface area contributed by atoms with Crippen molar-refractivity contribution < 1.29 is 9.53 Å². The first kappa shape index (κ1) is 15.4. The lowest BCUT2D eigenvalue weighted by atomic mass is 10.1. The van der Waals surface area contributed by atoms with E-state index in [9.17, 15) is 9.59 Å². The number of hydrogen-bond donors (Lipinski definition) is 2. The van der Waals surface area contributed by atoms with Gasteiger partial charge in [-0.3, -0.25) is 14.5 Å². The highest BCUT2D eigenvalue weighted by molar-refractivity contribution is 5.96. The summed E-state index contributed by atoms with van der Waals surface area (Å²) >= 11 is 0. The van der Waals surface area contributed by atoms with Crippen molar-refractivity contribution in [2.24, 2.45) is 0 Å². The second-order valence-electron chi connectivity index (χ2n) is 6.53. The normalized spacial score (nSPS) is 21.8. The number of aromatic nitrogens is 1. The van der Waals surface area contributed by atoms with Gasteiger partial charge in [0.2, 0.25) is 0 Å². The van der Waals surface area contributed by atoms with E-state index in [-0.39, 0.29) is 23.3 Å². The van der Waals surface area contributed by atoms with Crippen LogP contribution in [0.2, 0.25) is 0 Å². The minimum absolute atomic E-state index is 0.00970. The Morgan fingerprint density at radius 1 is 1.33 bits per heavy atom. The molecule has 1 aromatic carbocycles. The summed E-state index contributed by atoms with van der Waals surface area (Å²) in [4.78, 5) is 29.5. The number of morpholine rings is 1. The van der Waals surface area contributed by atoms with Crippen LogP contribution in [0.15, 0.2) is 35.1 Å². The number of hydrogen-bond acceptors (Lipinski definition) is 4. The number of H-pyrrole nitrogens is 1. The molecule has 2 N–H and O–H groups in total. The molecule has 2 heterocycles. The predicted octanol–water partition coefficient (Wildman–Crippen LogP) is 1.12. The van der Waals surface area contributed by atoms with Crippen LogP contribution in [-0.4, -0.2) is 54.2 Å². The Morgan fingerprint density at radius 2 is 2.17 bits per heavy atom. The van der Waals surface area contributed by atoms with Crippen LogP contribution in [0, 0.1) is 0 Å². The molecule has 4 rings (SSSR count). The van der Waals surface area contributed by atoms with Crippen LogP contribution in [0.3, 0.4) is 0 Å². The van der Waals surface area contributed by atoms with Crippen molar-refractivity contribution in [3.8, 4) is 0 Å². The van der Waals surface area contributed by atoms with E-state index in [4.69, 9.17) is 4.74 Å². The van der Waals surface area contributed by atoms with E-state index in [0.717, 1.165) is 18.5 Å². The third-order valence-corrected chi connectivity index (χ3v) is 4.72. The van der Waals surface area contributed by atoms with Gasteiger partial charge in [-0.05, 0) is 30.4 Å². The number of ether oxygens (including phenoxy) is 1. The fourth-order valence-electron chi connectivity index (χ4n) is 3.27. The molecule has 2 aliphatic rings. The highest BCUT2D eigenvalue weighted by atomic mass is 16.5. The first-order valence-electron chi connectivity index (χ1n) is 8.46. The van der Waals surface area contributed by atoms with E-state index in [1.165, 1.54) is 12.8 Å². The van der Waals surface area contributed by atoms with Gasteiger partial charge in [-0.25, -0.2) is 0 Å². The molecule has 6 nitrogen and oxygen atoms in total. The molecule has 1 saturated heterocycles. The molecule has 126 valence electrons. The first-order valence-corrected chi connectivity index (χ1v) is 8.46. The Labute approximate surface area is 139 Å². The second kappa shape index (κ2) is 6.37. The monoisotopic (exact) mass is 327 g/mol. The average Bonchev–Trinajstić information content (AvgIpc) is 3.45. The van der Waals surface area contributed by atoms with Gasteiger partial charge in [0.1, 0.15) is 5.69 Å². The number of rotatable bonds is 4. The number of fused-ring (bicyclic) bond motifs is 1. The third kappa shape index (κ3) is 3.20. The average molecular weight is 327 g/mol. The number of benzene rings is 1. The van der Waals surface area contributed by atoms with Crippen molar-refractivity contribution in [1.29, 1.82) is 0 Å². The summed E-state index contributed by atoms with van der Waals surface area (Å²) in [5.41, 5.74) is 0.0423. The summed E-state index contributed by atoms with van der Waals surface area (Å²) in [6.45, 7) is 3.01. The van der Waals surface area contributed by atoms with Gasteiger partial charge in [-0.1, -0.05) is 18.2 Å². The SMILES string of the molecule is O=C(NCC1CN(C2CC2)CCO1)c1cc2ccccc2c(=O)[nH]1. The van der Waals surface area contributed by atoms with Crippen molar-refractivity contribution in [3.05, 3.63) is 46.4 Å². The molecular weight excluding hydrogens is 306 g/mol. The van der Waals surface area contributed by atoms with E-state index in [2.05, 4.69) is 15.2 Å². The molecular formula is C18H21N3O3. The Hall–Kier alpha value is -2.18. The molecule has 2 aromatic rings. The Balaban J connectivity index is 1.41. The largest absolute Gasteiger partial charge is 0.374 e. The maximum Gasteiger partial charge on any atom is 0.267 e. The molecule has 2 fully saturated rings. The fraction of sp³-hybridized carbons (Fsp3) is 0.444.